The molecule has 48 heavy (non-hydrogen) atoms. The van der Waals surface area contributed by atoms with Gasteiger partial charge in [-0.2, -0.15) is 0 Å². The molecule has 2 saturated carbocycles. The van der Waals surface area contributed by atoms with Crippen molar-refractivity contribution in [2.24, 2.45) is 23.7 Å². The van der Waals surface area contributed by atoms with Crippen LogP contribution in [0.15, 0.2) is 0 Å². The molecule has 11 nitrogen and oxygen atoms in total. The fraction of sp³-hybridized carbons (Fsp3) is 0.912. The average Bonchev–Trinajstić information content (AvgIpc) is 2.99. The van der Waals surface area contributed by atoms with Crippen molar-refractivity contribution in [2.45, 2.75) is 135 Å². The van der Waals surface area contributed by atoms with E-state index in [-0.39, 0.29) is 69.2 Å². The van der Waals surface area contributed by atoms with Gasteiger partial charge in [0.1, 0.15) is 12.3 Å². The summed E-state index contributed by atoms with van der Waals surface area (Å²) >= 11 is 0. The lowest BCUT2D eigenvalue weighted by Crippen LogP contribution is -2.55. The first-order chi connectivity index (χ1) is 22.5. The molecule has 0 radical (unpaired) electrons. The maximum absolute atomic E-state index is 14.4. The van der Waals surface area contributed by atoms with Gasteiger partial charge in [0.2, 0.25) is 27.7 Å². The Labute approximate surface area is 287 Å². The molecule has 0 aromatic rings. The number of hydrazine groups is 1. The minimum atomic E-state index is -3.80. The second-order valence-corrected chi connectivity index (χ2v) is 17.1. The van der Waals surface area contributed by atoms with E-state index in [4.69, 9.17) is 0 Å². The second-order valence-electron chi connectivity index (χ2n) is 14.6. The molecule has 0 saturated heterocycles. The van der Waals surface area contributed by atoms with E-state index in [1.165, 1.54) is 14.1 Å². The highest BCUT2D eigenvalue weighted by Crippen LogP contribution is 2.36. The molecule has 0 spiro atoms. The van der Waals surface area contributed by atoms with Gasteiger partial charge < -0.3 is 15.3 Å². The minimum absolute atomic E-state index is 0.0102. The summed E-state index contributed by atoms with van der Waals surface area (Å²) in [6, 6.07) is -0.918. The number of nitrogens with one attached hydrogen (secondary N) is 2. The molecule has 0 aliphatic heterocycles. The third-order valence-electron chi connectivity index (χ3n) is 9.46. The van der Waals surface area contributed by atoms with E-state index in [2.05, 4.69) is 10.7 Å². The fourth-order valence-electron chi connectivity index (χ4n) is 7.22. The van der Waals surface area contributed by atoms with Gasteiger partial charge in [0, 0.05) is 65.0 Å². The van der Waals surface area contributed by atoms with Crippen molar-refractivity contribution in [1.29, 1.82) is 0 Å². The van der Waals surface area contributed by atoms with Crippen molar-refractivity contribution in [3.05, 3.63) is 0 Å². The molecule has 14 heteroatoms. The highest BCUT2D eigenvalue weighted by atomic mass is 32.2. The number of amides is 3. The number of nitrogens with zero attached hydrogens (tertiary/aromatic N) is 3. The Bertz CT molecular complexity index is 1110. The van der Waals surface area contributed by atoms with Crippen molar-refractivity contribution < 1.29 is 36.7 Å². The first-order valence-electron chi connectivity index (χ1n) is 18.0. The number of halogens is 2. The fourth-order valence-corrected chi connectivity index (χ4v) is 8.76. The van der Waals surface area contributed by atoms with E-state index in [0.29, 0.717) is 32.5 Å². The topological polar surface area (TPSA) is 139 Å². The summed E-state index contributed by atoms with van der Waals surface area (Å²) in [6.45, 7) is 11.2. The lowest BCUT2D eigenvalue weighted by Gasteiger charge is -2.38. The summed E-state index contributed by atoms with van der Waals surface area (Å²) in [7, 11) is -0.931. The Kier molecular flexibility index (Phi) is 17.7. The average molecular weight is 708 g/mol. The number of carbonyl (C=O) groups is 3. The normalized spacial score (nSPS) is 26.4. The van der Waals surface area contributed by atoms with Crippen LogP contribution in [0.4, 0.5) is 8.78 Å². The van der Waals surface area contributed by atoms with E-state index >= 15 is 0 Å². The Morgan fingerprint density at radius 3 is 1.94 bits per heavy atom. The number of hydrogen-bond acceptors (Lipinski definition) is 7. The van der Waals surface area contributed by atoms with Gasteiger partial charge in [-0.25, -0.2) is 26.5 Å². The second kappa shape index (κ2) is 20.1. The predicted octanol–water partition coefficient (Wildman–Crippen LogP) is 3.81. The van der Waals surface area contributed by atoms with Crippen molar-refractivity contribution in [2.75, 3.05) is 40.3 Å². The maximum Gasteiger partial charge on any atom is 0.234 e. The van der Waals surface area contributed by atoms with Gasteiger partial charge in [-0.15, -0.1) is 0 Å². The molecule has 2 aliphatic carbocycles. The molecule has 0 aromatic heterocycles. The number of aliphatic hydroxyl groups excluding tert-OH is 1. The van der Waals surface area contributed by atoms with Crippen molar-refractivity contribution in [3.63, 3.8) is 0 Å². The Morgan fingerprint density at radius 1 is 0.854 bits per heavy atom. The zero-order chi connectivity index (χ0) is 36.2. The van der Waals surface area contributed by atoms with Crippen LogP contribution in [-0.2, 0) is 24.4 Å². The van der Waals surface area contributed by atoms with Gasteiger partial charge in [0.05, 0.1) is 17.4 Å². The predicted molar refractivity (Wildman–Crippen MR) is 184 cm³/mol. The van der Waals surface area contributed by atoms with Crippen LogP contribution in [0.5, 0.6) is 0 Å². The number of sulfonamides is 1. The first kappa shape index (κ1) is 42.3. The maximum atomic E-state index is 14.4. The number of alkyl halides is 2. The van der Waals surface area contributed by atoms with E-state index < -0.39 is 63.4 Å². The number of carbonyl (C=O) groups excluding carboxylic acids is 3. The van der Waals surface area contributed by atoms with E-state index in [1.54, 1.807) is 9.91 Å². The lowest BCUT2D eigenvalue weighted by atomic mass is 9.79. The first-order valence-corrected chi connectivity index (χ1v) is 19.5. The number of rotatable bonds is 19. The molecule has 7 unspecified atom stereocenters. The summed E-state index contributed by atoms with van der Waals surface area (Å²) in [5, 5.41) is 15.1. The summed E-state index contributed by atoms with van der Waals surface area (Å²) in [6.07, 6.45) is -0.956. The summed E-state index contributed by atoms with van der Waals surface area (Å²) in [5.74, 6) is -2.68. The zero-order valence-electron chi connectivity index (χ0n) is 30.3. The Balaban J connectivity index is 2.37. The van der Waals surface area contributed by atoms with E-state index in [1.807, 2.05) is 34.6 Å². The molecular weight excluding hydrogens is 644 g/mol. The van der Waals surface area contributed by atoms with Crippen LogP contribution in [0.3, 0.4) is 0 Å². The standard InChI is InChI=1S/C34H63F2N5O6S/c1-8-11-40(12-9-2)34(45)26-18-25(19-29(20-26)48(46,47)39(6)7)33(44)37-30(17-24-15-27(35)21-28(36)16-24)31(42)22-41(13-10-3)38-32(43)14-23(4)5/h23-31,42H,8-22H2,1-7H3,(H,37,44)(H,38,43). The van der Waals surface area contributed by atoms with Gasteiger partial charge in [0.25, 0.3) is 0 Å². The molecule has 2 fully saturated rings. The van der Waals surface area contributed by atoms with Crippen LogP contribution in [0.1, 0.15) is 105 Å². The Hall–Kier alpha value is -1.90. The smallest absolute Gasteiger partial charge is 0.234 e. The molecule has 2 aliphatic rings. The van der Waals surface area contributed by atoms with Gasteiger partial charge in [-0.3, -0.25) is 19.8 Å². The molecule has 0 aromatic carbocycles. The quantitative estimate of drug-likeness (QED) is 0.174. The van der Waals surface area contributed by atoms with Crippen molar-refractivity contribution >= 4 is 27.7 Å². The third kappa shape index (κ3) is 13.1. The summed E-state index contributed by atoms with van der Waals surface area (Å²) < 4.78 is 56.7. The number of hydrogen-bond donors (Lipinski definition) is 3. The monoisotopic (exact) mass is 707 g/mol. The summed E-state index contributed by atoms with van der Waals surface area (Å²) in [5.41, 5.74) is 2.84. The SMILES string of the molecule is CCCN(CC(O)C(CC1CC(F)CC(F)C1)NC(=O)C1CC(C(=O)N(CCC)CCC)CC(S(=O)(=O)N(C)C)C1)NC(=O)CC(C)C. The third-order valence-corrected chi connectivity index (χ3v) is 11.7. The van der Waals surface area contributed by atoms with Crippen LogP contribution < -0.4 is 10.7 Å². The van der Waals surface area contributed by atoms with Gasteiger partial charge in [-0.1, -0.05) is 34.6 Å². The van der Waals surface area contributed by atoms with Gasteiger partial charge in [-0.05, 0) is 69.6 Å². The van der Waals surface area contributed by atoms with Crippen LogP contribution in [0.2, 0.25) is 0 Å². The highest BCUT2D eigenvalue weighted by molar-refractivity contribution is 7.89. The summed E-state index contributed by atoms with van der Waals surface area (Å²) in [4.78, 5) is 42.1. The van der Waals surface area contributed by atoms with E-state index in [9.17, 15) is 36.7 Å². The minimum Gasteiger partial charge on any atom is -0.390 e. The largest absolute Gasteiger partial charge is 0.390 e. The zero-order valence-corrected chi connectivity index (χ0v) is 31.1. The van der Waals surface area contributed by atoms with Crippen LogP contribution in [0.25, 0.3) is 0 Å². The molecule has 0 heterocycles. The van der Waals surface area contributed by atoms with E-state index in [0.717, 1.165) is 17.1 Å². The van der Waals surface area contributed by atoms with Crippen LogP contribution in [0, 0.1) is 23.7 Å². The van der Waals surface area contributed by atoms with Crippen molar-refractivity contribution in [1.82, 2.24) is 25.0 Å². The Morgan fingerprint density at radius 2 is 1.42 bits per heavy atom. The van der Waals surface area contributed by atoms with Gasteiger partial charge >= 0.3 is 0 Å². The number of aliphatic hydroxyl groups is 1. The van der Waals surface area contributed by atoms with Crippen LogP contribution in [-0.4, -0.2) is 115 Å². The molecule has 3 amide bonds. The van der Waals surface area contributed by atoms with Gasteiger partial charge in [0.15, 0.2) is 0 Å². The molecular formula is C34H63F2N5O6S. The van der Waals surface area contributed by atoms with Crippen LogP contribution >= 0.6 is 0 Å². The molecule has 3 N–H and O–H groups in total. The molecule has 2 rings (SSSR count). The molecule has 0 bridgehead atoms. The van der Waals surface area contributed by atoms with Crippen molar-refractivity contribution in [3.8, 4) is 0 Å². The lowest BCUT2D eigenvalue weighted by molar-refractivity contribution is -0.138. The molecule has 280 valence electrons. The molecule has 7 atom stereocenters. The highest BCUT2D eigenvalue weighted by Gasteiger charge is 2.44.